The Hall–Kier alpha value is -3.35. The van der Waals surface area contributed by atoms with Crippen LogP contribution in [-0.4, -0.2) is 40.0 Å². The molecule has 1 N–H and O–H groups in total. The monoisotopic (exact) mass is 488 g/mol. The number of nitrogens with one attached hydrogen (secondary N) is 1. The number of rotatable bonds is 8. The summed E-state index contributed by atoms with van der Waals surface area (Å²) in [4.78, 5) is 19.6. The first-order valence-electron chi connectivity index (χ1n) is 12.0. The van der Waals surface area contributed by atoms with E-state index in [4.69, 9.17) is 21.3 Å². The minimum atomic E-state index is -0.00772. The van der Waals surface area contributed by atoms with Crippen molar-refractivity contribution in [3.05, 3.63) is 89.7 Å². The normalized spacial score (nSPS) is 14.8. The summed E-state index contributed by atoms with van der Waals surface area (Å²) < 4.78 is 8.33. The summed E-state index contributed by atoms with van der Waals surface area (Å²) in [5.41, 5.74) is 2.87. The topological polar surface area (TPSA) is 59.4 Å². The van der Waals surface area contributed by atoms with Crippen molar-refractivity contribution in [1.82, 2.24) is 14.5 Å². The second-order valence-electron chi connectivity index (χ2n) is 9.01. The summed E-state index contributed by atoms with van der Waals surface area (Å²) in [5, 5.41) is 3.56. The highest BCUT2D eigenvalue weighted by atomic mass is 35.5. The lowest BCUT2D eigenvalue weighted by Gasteiger charge is -2.32. The van der Waals surface area contributed by atoms with Crippen LogP contribution in [0.1, 0.15) is 18.7 Å². The van der Waals surface area contributed by atoms with E-state index in [1.54, 1.807) is 12.1 Å². The van der Waals surface area contributed by atoms with Gasteiger partial charge in [0.25, 0.3) is 0 Å². The van der Waals surface area contributed by atoms with Gasteiger partial charge in [0, 0.05) is 17.3 Å². The van der Waals surface area contributed by atoms with Crippen LogP contribution < -0.4 is 10.1 Å². The molecule has 0 aliphatic carbocycles. The number of hydrogen-bond donors (Lipinski definition) is 1. The number of ether oxygens (including phenoxy) is 1. The number of para-hydroxylation sites is 3. The van der Waals surface area contributed by atoms with Crippen molar-refractivity contribution in [2.24, 2.45) is 5.92 Å². The molecule has 0 spiro atoms. The minimum Gasteiger partial charge on any atom is -0.486 e. The van der Waals surface area contributed by atoms with Gasteiger partial charge in [-0.15, -0.1) is 0 Å². The van der Waals surface area contributed by atoms with E-state index < -0.39 is 0 Å². The number of halogens is 1. The Morgan fingerprint density at radius 3 is 2.57 bits per heavy atom. The van der Waals surface area contributed by atoms with E-state index in [0.29, 0.717) is 24.1 Å². The molecule has 1 aliphatic heterocycles. The zero-order valence-corrected chi connectivity index (χ0v) is 20.3. The van der Waals surface area contributed by atoms with Gasteiger partial charge in [-0.05, 0) is 74.3 Å². The molecule has 1 saturated heterocycles. The molecule has 0 radical (unpaired) electrons. The van der Waals surface area contributed by atoms with Gasteiger partial charge in [0.05, 0.1) is 17.6 Å². The lowest BCUT2D eigenvalue weighted by Crippen LogP contribution is -2.40. The summed E-state index contributed by atoms with van der Waals surface area (Å²) in [6, 6.07) is 25.4. The van der Waals surface area contributed by atoms with Gasteiger partial charge in [-0.3, -0.25) is 9.69 Å². The predicted octanol–water partition coefficient (Wildman–Crippen LogP) is 5.62. The number of hydrogen-bond acceptors (Lipinski definition) is 4. The Kier molecular flexibility index (Phi) is 7.31. The largest absolute Gasteiger partial charge is 0.486 e. The van der Waals surface area contributed by atoms with Crippen LogP contribution in [0.15, 0.2) is 78.9 Å². The summed E-state index contributed by atoms with van der Waals surface area (Å²) in [7, 11) is 0. The third-order valence-electron chi connectivity index (χ3n) is 6.47. The Morgan fingerprint density at radius 1 is 1.00 bits per heavy atom. The number of nitrogens with zero attached hydrogens (tertiary/aromatic N) is 3. The molecular formula is C28H29ClN4O2. The molecule has 6 nitrogen and oxygen atoms in total. The van der Waals surface area contributed by atoms with Crippen LogP contribution in [0.3, 0.4) is 0 Å². The Bertz CT molecular complexity index is 1280. The molecule has 180 valence electrons. The lowest BCUT2D eigenvalue weighted by molar-refractivity contribution is -0.117. The highest BCUT2D eigenvalue weighted by Crippen LogP contribution is 2.25. The van der Waals surface area contributed by atoms with Gasteiger partial charge in [0.15, 0.2) is 0 Å². The van der Waals surface area contributed by atoms with E-state index in [-0.39, 0.29) is 5.91 Å². The fourth-order valence-corrected chi connectivity index (χ4v) is 4.85. The molecule has 1 fully saturated rings. The zero-order chi connectivity index (χ0) is 24.0. The summed E-state index contributed by atoms with van der Waals surface area (Å²) in [6.45, 7) is 3.52. The first-order valence-corrected chi connectivity index (χ1v) is 12.4. The minimum absolute atomic E-state index is 0.00772. The first kappa shape index (κ1) is 23.4. The molecule has 1 aliphatic rings. The van der Waals surface area contributed by atoms with Crippen molar-refractivity contribution >= 4 is 34.2 Å². The number of amides is 1. The van der Waals surface area contributed by atoms with Gasteiger partial charge >= 0.3 is 0 Å². The predicted molar refractivity (Wildman–Crippen MR) is 140 cm³/mol. The van der Waals surface area contributed by atoms with Gasteiger partial charge < -0.3 is 14.6 Å². The van der Waals surface area contributed by atoms with Crippen LogP contribution >= 0.6 is 11.6 Å². The van der Waals surface area contributed by atoms with E-state index in [1.165, 1.54) is 0 Å². The molecule has 35 heavy (non-hydrogen) atoms. The van der Waals surface area contributed by atoms with E-state index in [1.807, 2.05) is 48.5 Å². The summed E-state index contributed by atoms with van der Waals surface area (Å²) >= 11 is 6.02. The Balaban J connectivity index is 1.19. The van der Waals surface area contributed by atoms with Crippen molar-refractivity contribution < 1.29 is 9.53 Å². The molecule has 4 aromatic rings. The molecule has 0 unspecified atom stereocenters. The molecule has 5 rings (SSSR count). The molecule has 1 amide bonds. The number of likely N-dealkylation sites (tertiary alicyclic amines) is 1. The number of carbonyl (C=O) groups is 1. The third-order valence-corrected chi connectivity index (χ3v) is 6.70. The van der Waals surface area contributed by atoms with E-state index >= 15 is 0 Å². The molecule has 2 heterocycles. The van der Waals surface area contributed by atoms with Crippen molar-refractivity contribution in [2.45, 2.75) is 26.0 Å². The maximum absolute atomic E-state index is 12.5. The van der Waals surface area contributed by atoms with Crippen molar-refractivity contribution in [3.8, 4) is 5.75 Å². The quantitative estimate of drug-likeness (QED) is 0.349. The van der Waals surface area contributed by atoms with Gasteiger partial charge in [-0.2, -0.15) is 0 Å². The molecule has 7 heteroatoms. The fraction of sp³-hybridized carbons (Fsp3) is 0.286. The maximum atomic E-state index is 12.5. The van der Waals surface area contributed by atoms with E-state index in [2.05, 4.69) is 33.0 Å². The molecule has 0 saturated carbocycles. The Morgan fingerprint density at radius 2 is 1.77 bits per heavy atom. The highest BCUT2D eigenvalue weighted by Gasteiger charge is 2.23. The number of piperidine rings is 1. The second kappa shape index (κ2) is 10.9. The van der Waals surface area contributed by atoms with Crippen LogP contribution in [0.4, 0.5) is 5.69 Å². The maximum Gasteiger partial charge on any atom is 0.238 e. The number of anilines is 1. The third kappa shape index (κ3) is 6.02. The van der Waals surface area contributed by atoms with Crippen LogP contribution in [-0.2, 0) is 17.9 Å². The average Bonchev–Trinajstić information content (AvgIpc) is 3.22. The zero-order valence-electron chi connectivity index (χ0n) is 19.6. The average molecular weight is 489 g/mol. The molecule has 0 atom stereocenters. The number of aromatic nitrogens is 2. The summed E-state index contributed by atoms with van der Waals surface area (Å²) in [5.74, 6) is 2.30. The highest BCUT2D eigenvalue weighted by molar-refractivity contribution is 6.30. The number of imidazole rings is 1. The van der Waals surface area contributed by atoms with Gasteiger partial charge in [0.2, 0.25) is 5.91 Å². The number of carbonyl (C=O) groups excluding carboxylic acids is 1. The van der Waals surface area contributed by atoms with E-state index in [0.717, 1.165) is 60.8 Å². The van der Waals surface area contributed by atoms with Crippen molar-refractivity contribution in [3.63, 3.8) is 0 Å². The standard InChI is InChI=1S/C28H29ClN4O2/c29-22-7-6-8-23(17-22)30-28(34)19-32-15-13-21(14-16-32)18-33-26-12-5-4-11-25(26)31-27(33)20-35-24-9-2-1-3-10-24/h1-12,17,21H,13-16,18-20H2,(H,30,34). The lowest BCUT2D eigenvalue weighted by atomic mass is 9.96. The first-order chi connectivity index (χ1) is 17.1. The van der Waals surface area contributed by atoms with Crippen LogP contribution in [0.2, 0.25) is 5.02 Å². The number of fused-ring (bicyclic) bond motifs is 1. The van der Waals surface area contributed by atoms with Crippen molar-refractivity contribution in [1.29, 1.82) is 0 Å². The van der Waals surface area contributed by atoms with Crippen LogP contribution in [0, 0.1) is 5.92 Å². The Labute approximate surface area is 210 Å². The molecular weight excluding hydrogens is 460 g/mol. The SMILES string of the molecule is O=C(CN1CCC(Cn2c(COc3ccccc3)nc3ccccc32)CC1)Nc1cccc(Cl)c1. The van der Waals surface area contributed by atoms with Crippen LogP contribution in [0.25, 0.3) is 11.0 Å². The molecule has 1 aromatic heterocycles. The second-order valence-corrected chi connectivity index (χ2v) is 9.44. The number of benzene rings is 3. The van der Waals surface area contributed by atoms with E-state index in [9.17, 15) is 4.79 Å². The molecule has 3 aromatic carbocycles. The van der Waals surface area contributed by atoms with Gasteiger partial charge in [-0.25, -0.2) is 4.98 Å². The van der Waals surface area contributed by atoms with Crippen molar-refractivity contribution in [2.75, 3.05) is 25.0 Å². The van der Waals surface area contributed by atoms with Gasteiger partial charge in [-0.1, -0.05) is 48.0 Å². The van der Waals surface area contributed by atoms with Crippen LogP contribution in [0.5, 0.6) is 5.75 Å². The summed E-state index contributed by atoms with van der Waals surface area (Å²) in [6.07, 6.45) is 2.08. The van der Waals surface area contributed by atoms with Gasteiger partial charge in [0.1, 0.15) is 18.2 Å². The molecule has 0 bridgehead atoms. The smallest absolute Gasteiger partial charge is 0.238 e. The fourth-order valence-electron chi connectivity index (χ4n) is 4.66.